The number of esters is 1. The average molecular weight is 453 g/mol. The third-order valence-corrected chi connectivity index (χ3v) is 7.84. The average Bonchev–Trinajstić information content (AvgIpc) is 3.07. The maximum Gasteiger partial charge on any atom is 0.338 e. The molecule has 1 aromatic rings. The number of piperidine rings is 1. The van der Waals surface area contributed by atoms with Gasteiger partial charge in [0.05, 0.1) is 12.7 Å². The van der Waals surface area contributed by atoms with Crippen LogP contribution in [0.2, 0.25) is 0 Å². The van der Waals surface area contributed by atoms with Crippen LogP contribution < -0.4 is 4.74 Å². The molecule has 0 spiro atoms. The molecule has 172 valence electrons. The van der Waals surface area contributed by atoms with E-state index in [0.717, 1.165) is 38.5 Å². The van der Waals surface area contributed by atoms with Crippen LogP contribution in [0.5, 0.6) is 5.75 Å². The fourth-order valence-electron chi connectivity index (χ4n) is 4.14. The van der Waals surface area contributed by atoms with E-state index in [1.807, 2.05) is 0 Å². The summed E-state index contributed by atoms with van der Waals surface area (Å²) < 4.78 is 38.4. The van der Waals surface area contributed by atoms with Crippen molar-refractivity contribution in [1.29, 1.82) is 0 Å². The predicted molar refractivity (Wildman–Crippen MR) is 115 cm³/mol. The van der Waals surface area contributed by atoms with Crippen molar-refractivity contribution < 1.29 is 27.5 Å². The second-order valence-corrected chi connectivity index (χ2v) is 10.3. The van der Waals surface area contributed by atoms with Gasteiger partial charge in [-0.2, -0.15) is 4.31 Å². The quantitative estimate of drug-likeness (QED) is 0.616. The zero-order chi connectivity index (χ0) is 22.4. The first-order chi connectivity index (χ1) is 14.8. The van der Waals surface area contributed by atoms with Gasteiger partial charge in [-0.05, 0) is 49.8 Å². The molecule has 1 unspecified atom stereocenters. The number of ether oxygens (including phenoxy) is 2. The van der Waals surface area contributed by atoms with Crippen LogP contribution in [-0.2, 0) is 19.6 Å². The molecular formula is C22H32N2O6S. The van der Waals surface area contributed by atoms with Crippen molar-refractivity contribution in [2.75, 3.05) is 39.9 Å². The Morgan fingerprint density at radius 3 is 2.42 bits per heavy atom. The van der Waals surface area contributed by atoms with E-state index in [1.165, 1.54) is 29.6 Å². The number of likely N-dealkylation sites (tertiary alicyclic amines) is 1. The molecule has 1 aromatic carbocycles. The molecule has 1 atom stereocenters. The van der Waals surface area contributed by atoms with Crippen LogP contribution in [0.1, 0.15) is 55.8 Å². The molecule has 2 saturated heterocycles. The maximum atomic E-state index is 13.2. The standard InChI is InChI=1S/C22H32N2O6S/c1-17-8-7-11-23(15-17)21(25)16-30-22(26)18-9-10-19(29-2)20(14-18)31(27,28)24-12-5-3-4-6-13-24/h9-10,14,17H,3-8,11-13,15-16H2,1-2H3. The number of sulfonamides is 1. The number of carbonyl (C=O) groups excluding carboxylic acids is 2. The minimum atomic E-state index is -3.81. The number of carbonyl (C=O) groups is 2. The lowest BCUT2D eigenvalue weighted by atomic mass is 10.0. The summed E-state index contributed by atoms with van der Waals surface area (Å²) in [5, 5.41) is 0. The molecule has 0 radical (unpaired) electrons. The lowest BCUT2D eigenvalue weighted by Gasteiger charge is -2.30. The first kappa shape index (κ1) is 23.5. The Kier molecular flexibility index (Phi) is 7.94. The van der Waals surface area contributed by atoms with Gasteiger partial charge in [0.2, 0.25) is 10.0 Å². The van der Waals surface area contributed by atoms with E-state index >= 15 is 0 Å². The van der Waals surface area contributed by atoms with Gasteiger partial charge in [0.15, 0.2) is 6.61 Å². The lowest BCUT2D eigenvalue weighted by molar-refractivity contribution is -0.136. The third-order valence-electron chi connectivity index (χ3n) is 5.92. The Labute approximate surface area is 184 Å². The molecule has 8 nitrogen and oxygen atoms in total. The van der Waals surface area contributed by atoms with Crippen LogP contribution in [0, 0.1) is 5.92 Å². The van der Waals surface area contributed by atoms with Crippen LogP contribution >= 0.6 is 0 Å². The van der Waals surface area contributed by atoms with E-state index in [-0.39, 0.29) is 28.7 Å². The van der Waals surface area contributed by atoms with Crippen molar-refractivity contribution in [3.05, 3.63) is 23.8 Å². The highest BCUT2D eigenvalue weighted by Crippen LogP contribution is 2.29. The van der Waals surface area contributed by atoms with E-state index < -0.39 is 16.0 Å². The summed E-state index contributed by atoms with van der Waals surface area (Å²) in [5.74, 6) is -0.347. The number of nitrogens with zero attached hydrogens (tertiary/aromatic N) is 2. The van der Waals surface area contributed by atoms with Gasteiger partial charge in [-0.1, -0.05) is 19.8 Å². The highest BCUT2D eigenvalue weighted by atomic mass is 32.2. The van der Waals surface area contributed by atoms with Crippen molar-refractivity contribution in [3.8, 4) is 5.75 Å². The van der Waals surface area contributed by atoms with Crippen LogP contribution in [0.25, 0.3) is 0 Å². The minimum Gasteiger partial charge on any atom is -0.495 e. The van der Waals surface area contributed by atoms with E-state index in [1.54, 1.807) is 4.90 Å². The van der Waals surface area contributed by atoms with Crippen molar-refractivity contribution in [2.24, 2.45) is 5.92 Å². The van der Waals surface area contributed by atoms with Crippen molar-refractivity contribution >= 4 is 21.9 Å². The highest BCUT2D eigenvalue weighted by Gasteiger charge is 2.30. The van der Waals surface area contributed by atoms with Gasteiger partial charge in [-0.15, -0.1) is 0 Å². The molecule has 3 rings (SSSR count). The van der Waals surface area contributed by atoms with Crippen molar-refractivity contribution in [1.82, 2.24) is 9.21 Å². The summed E-state index contributed by atoms with van der Waals surface area (Å²) in [6, 6.07) is 4.19. The molecule has 0 bridgehead atoms. The maximum absolute atomic E-state index is 13.2. The largest absolute Gasteiger partial charge is 0.495 e. The molecule has 1 amide bonds. The number of methoxy groups -OCH3 is 1. The first-order valence-corrected chi connectivity index (χ1v) is 12.4. The Hall–Kier alpha value is -2.13. The number of hydrogen-bond acceptors (Lipinski definition) is 6. The topological polar surface area (TPSA) is 93.2 Å². The van der Waals surface area contributed by atoms with Gasteiger partial charge >= 0.3 is 5.97 Å². The van der Waals surface area contributed by atoms with Crippen molar-refractivity contribution in [2.45, 2.75) is 50.3 Å². The number of benzene rings is 1. The van der Waals surface area contributed by atoms with Gasteiger partial charge < -0.3 is 14.4 Å². The molecule has 0 N–H and O–H groups in total. The number of rotatable bonds is 6. The van der Waals surface area contributed by atoms with Gasteiger partial charge in [0.25, 0.3) is 5.91 Å². The normalized spacial score (nSPS) is 20.7. The van der Waals surface area contributed by atoms with E-state index in [4.69, 9.17) is 9.47 Å². The summed E-state index contributed by atoms with van der Waals surface area (Å²) >= 11 is 0. The fraction of sp³-hybridized carbons (Fsp3) is 0.636. The molecule has 2 fully saturated rings. The molecule has 2 aliphatic heterocycles. The highest BCUT2D eigenvalue weighted by molar-refractivity contribution is 7.89. The molecule has 31 heavy (non-hydrogen) atoms. The van der Waals surface area contributed by atoms with Gasteiger partial charge in [-0.25, -0.2) is 13.2 Å². The smallest absolute Gasteiger partial charge is 0.338 e. The number of hydrogen-bond donors (Lipinski definition) is 0. The summed E-state index contributed by atoms with van der Waals surface area (Å²) in [6.45, 7) is 3.96. The summed E-state index contributed by atoms with van der Waals surface area (Å²) in [7, 11) is -2.42. The Morgan fingerprint density at radius 1 is 1.06 bits per heavy atom. The van der Waals surface area contributed by atoms with Gasteiger partial charge in [0.1, 0.15) is 10.6 Å². The van der Waals surface area contributed by atoms with E-state index in [0.29, 0.717) is 32.1 Å². The van der Waals surface area contributed by atoms with Crippen molar-refractivity contribution in [3.63, 3.8) is 0 Å². The van der Waals surface area contributed by atoms with Crippen LogP contribution in [-0.4, -0.2) is 69.4 Å². The second kappa shape index (κ2) is 10.5. The zero-order valence-electron chi connectivity index (χ0n) is 18.3. The lowest BCUT2D eigenvalue weighted by Crippen LogP contribution is -2.41. The summed E-state index contributed by atoms with van der Waals surface area (Å²) in [4.78, 5) is 26.6. The molecule has 2 aliphatic rings. The summed E-state index contributed by atoms with van der Waals surface area (Å²) in [6.07, 6.45) is 5.64. The number of amides is 1. The molecule has 0 aromatic heterocycles. The second-order valence-electron chi connectivity index (χ2n) is 8.35. The van der Waals surface area contributed by atoms with Gasteiger partial charge in [0, 0.05) is 26.2 Å². The van der Waals surface area contributed by atoms with Crippen LogP contribution in [0.4, 0.5) is 0 Å². The van der Waals surface area contributed by atoms with E-state index in [9.17, 15) is 18.0 Å². The first-order valence-electron chi connectivity index (χ1n) is 11.0. The molecule has 0 saturated carbocycles. The summed E-state index contributed by atoms with van der Waals surface area (Å²) in [5.41, 5.74) is 0.0778. The minimum absolute atomic E-state index is 0.0532. The SMILES string of the molecule is COc1ccc(C(=O)OCC(=O)N2CCCC(C)C2)cc1S(=O)(=O)N1CCCCCC1. The molecule has 2 heterocycles. The zero-order valence-corrected chi connectivity index (χ0v) is 19.2. The third kappa shape index (κ3) is 5.77. The molecule has 0 aliphatic carbocycles. The van der Waals surface area contributed by atoms with Crippen LogP contribution in [0.3, 0.4) is 0 Å². The monoisotopic (exact) mass is 452 g/mol. The van der Waals surface area contributed by atoms with Crippen LogP contribution in [0.15, 0.2) is 23.1 Å². The Morgan fingerprint density at radius 2 is 1.77 bits per heavy atom. The Balaban J connectivity index is 1.73. The van der Waals surface area contributed by atoms with Gasteiger partial charge in [-0.3, -0.25) is 4.79 Å². The fourth-order valence-corrected chi connectivity index (χ4v) is 5.84. The Bertz CT molecular complexity index is 893. The predicted octanol–water partition coefficient (Wildman–Crippen LogP) is 2.68. The molecule has 9 heteroatoms. The van der Waals surface area contributed by atoms with E-state index in [2.05, 4.69) is 6.92 Å². The molecular weight excluding hydrogens is 420 g/mol.